The summed E-state index contributed by atoms with van der Waals surface area (Å²) in [5.74, 6) is -1.43. The van der Waals surface area contributed by atoms with Crippen LogP contribution in [0.1, 0.15) is 45.7 Å². The Morgan fingerprint density at radius 2 is 1.90 bits per heavy atom. The number of aldehydes is 1. The first-order valence-corrected chi connectivity index (χ1v) is 9.71. The molecule has 1 unspecified atom stereocenters. The number of rotatable bonds is 4. The first-order valence-electron chi connectivity index (χ1n) is 9.71. The van der Waals surface area contributed by atoms with Gasteiger partial charge in [-0.2, -0.15) is 18.2 Å². The quantitative estimate of drug-likeness (QED) is 0.714. The van der Waals surface area contributed by atoms with E-state index in [1.807, 2.05) is 43.2 Å². The van der Waals surface area contributed by atoms with Crippen molar-refractivity contribution in [1.82, 2.24) is 9.36 Å². The Labute approximate surface area is 167 Å². The molecule has 158 valence electrons. The van der Waals surface area contributed by atoms with Crippen LogP contribution in [0.25, 0.3) is 0 Å². The van der Waals surface area contributed by atoms with Gasteiger partial charge >= 0.3 is 6.18 Å². The zero-order valence-corrected chi connectivity index (χ0v) is 17.1. The normalized spacial score (nSPS) is 21.1. The van der Waals surface area contributed by atoms with Crippen molar-refractivity contribution in [2.75, 3.05) is 0 Å². The van der Waals surface area contributed by atoms with Crippen LogP contribution in [0.3, 0.4) is 0 Å². The molecule has 1 aromatic rings. The molecule has 0 bridgehead atoms. The van der Waals surface area contributed by atoms with Gasteiger partial charge in [-0.1, -0.05) is 32.9 Å². The van der Waals surface area contributed by atoms with Crippen molar-refractivity contribution in [2.45, 2.75) is 58.2 Å². The van der Waals surface area contributed by atoms with E-state index in [1.165, 1.54) is 0 Å². The lowest BCUT2D eigenvalue weighted by Gasteiger charge is -2.21. The van der Waals surface area contributed by atoms with Gasteiger partial charge in [-0.05, 0) is 25.2 Å². The van der Waals surface area contributed by atoms with E-state index in [9.17, 15) is 22.8 Å². The van der Waals surface area contributed by atoms with Gasteiger partial charge < -0.3 is 0 Å². The summed E-state index contributed by atoms with van der Waals surface area (Å²) in [5.41, 5.74) is 0.387. The molecule has 1 heterocycles. The largest absolute Gasteiger partial charge is 0.412 e. The molecule has 0 aromatic carbocycles. The molecule has 1 aromatic heterocycles. The standard InChI is InChI=1S/C21H26F3N3O2/c1-20(2,3)17-10-18(27(26(17)4)11-13-5-6-13)25-19(29)16-9-15(21(22,23)24)8-7-14(16)12-28/h7-8,10,12-13,16H,5-6,9,11H2,1-4H3. The number of nitrogens with zero attached hydrogens (tertiary/aromatic N) is 3. The molecular weight excluding hydrogens is 383 g/mol. The van der Waals surface area contributed by atoms with Gasteiger partial charge in [0, 0.05) is 41.9 Å². The molecule has 0 spiro atoms. The number of hydrogen-bond acceptors (Lipinski definition) is 2. The lowest BCUT2D eigenvalue weighted by Crippen LogP contribution is -2.29. The molecule has 0 aliphatic heterocycles. The van der Waals surface area contributed by atoms with Gasteiger partial charge in [0.05, 0.1) is 5.92 Å². The van der Waals surface area contributed by atoms with Gasteiger partial charge in [-0.25, -0.2) is 0 Å². The van der Waals surface area contributed by atoms with Crippen LogP contribution < -0.4 is 5.49 Å². The maximum atomic E-state index is 13.1. The van der Waals surface area contributed by atoms with Gasteiger partial charge in [0.15, 0.2) is 5.49 Å². The molecule has 2 aliphatic carbocycles. The Kier molecular flexibility index (Phi) is 5.49. The van der Waals surface area contributed by atoms with Gasteiger partial charge in [0.25, 0.3) is 5.91 Å². The van der Waals surface area contributed by atoms with E-state index >= 15 is 0 Å². The highest BCUT2D eigenvalue weighted by Gasteiger charge is 2.39. The van der Waals surface area contributed by atoms with Crippen LogP contribution in [-0.4, -0.2) is 27.7 Å². The first kappa shape index (κ1) is 21.3. The summed E-state index contributed by atoms with van der Waals surface area (Å²) in [7, 11) is 1.90. The Balaban J connectivity index is 2.01. The number of aromatic nitrogens is 2. The second-order valence-corrected chi connectivity index (χ2v) is 8.87. The van der Waals surface area contributed by atoms with Crippen LogP contribution in [-0.2, 0) is 28.6 Å². The molecule has 8 heteroatoms. The van der Waals surface area contributed by atoms with Gasteiger partial charge in [0.2, 0.25) is 0 Å². The molecule has 1 atom stereocenters. The summed E-state index contributed by atoms with van der Waals surface area (Å²) in [6.07, 6.45) is -0.527. The predicted octanol–water partition coefficient (Wildman–Crippen LogP) is 3.60. The zero-order valence-electron chi connectivity index (χ0n) is 17.1. The van der Waals surface area contributed by atoms with Crippen LogP contribution in [0, 0.1) is 11.8 Å². The zero-order chi connectivity index (χ0) is 21.6. The highest BCUT2D eigenvalue weighted by molar-refractivity contribution is 5.91. The summed E-state index contributed by atoms with van der Waals surface area (Å²) >= 11 is 0. The average molecular weight is 409 g/mol. The van der Waals surface area contributed by atoms with E-state index in [4.69, 9.17) is 0 Å². The third-order valence-corrected chi connectivity index (χ3v) is 5.46. The Morgan fingerprint density at radius 3 is 2.41 bits per heavy atom. The summed E-state index contributed by atoms with van der Waals surface area (Å²) in [6, 6.07) is 1.81. The topological polar surface area (TPSA) is 56.4 Å². The maximum Gasteiger partial charge on any atom is 0.412 e. The fourth-order valence-corrected chi connectivity index (χ4v) is 3.60. The SMILES string of the molecule is Cn1c(C(C)(C)C)cc(=NC(=O)C2CC(C(F)(F)F)=CC=C2C=O)n1CC1CC1. The van der Waals surface area contributed by atoms with Gasteiger partial charge in [-0.3, -0.25) is 19.0 Å². The third-order valence-electron chi connectivity index (χ3n) is 5.46. The van der Waals surface area contributed by atoms with Crippen molar-refractivity contribution in [1.29, 1.82) is 0 Å². The van der Waals surface area contributed by atoms with Crippen molar-refractivity contribution in [3.05, 3.63) is 40.5 Å². The minimum Gasteiger partial charge on any atom is -0.298 e. The van der Waals surface area contributed by atoms with E-state index in [1.54, 1.807) is 0 Å². The maximum absolute atomic E-state index is 13.1. The number of allylic oxidation sites excluding steroid dienone is 3. The van der Waals surface area contributed by atoms with Crippen LogP contribution in [0.2, 0.25) is 0 Å². The van der Waals surface area contributed by atoms with Crippen LogP contribution in [0.4, 0.5) is 13.2 Å². The lowest BCUT2D eigenvalue weighted by atomic mass is 9.87. The Bertz CT molecular complexity index is 951. The van der Waals surface area contributed by atoms with Crippen molar-refractivity contribution < 1.29 is 22.8 Å². The fourth-order valence-electron chi connectivity index (χ4n) is 3.60. The van der Waals surface area contributed by atoms with Crippen molar-refractivity contribution in [3.63, 3.8) is 0 Å². The molecule has 3 rings (SSSR count). The minimum absolute atomic E-state index is 0.0208. The smallest absolute Gasteiger partial charge is 0.298 e. The molecule has 1 saturated carbocycles. The predicted molar refractivity (Wildman–Crippen MR) is 102 cm³/mol. The number of carbonyl (C=O) groups excluding carboxylic acids is 2. The number of hydrogen-bond donors (Lipinski definition) is 0. The van der Waals surface area contributed by atoms with Gasteiger partial charge in [0.1, 0.15) is 6.29 Å². The van der Waals surface area contributed by atoms with E-state index in [0.29, 0.717) is 24.2 Å². The van der Waals surface area contributed by atoms with Crippen LogP contribution in [0.15, 0.2) is 34.4 Å². The molecule has 29 heavy (non-hydrogen) atoms. The van der Waals surface area contributed by atoms with Crippen molar-refractivity contribution >= 4 is 12.2 Å². The molecule has 0 N–H and O–H groups in total. The number of halogens is 3. The molecule has 1 amide bonds. The Morgan fingerprint density at radius 1 is 1.24 bits per heavy atom. The van der Waals surface area contributed by atoms with Crippen LogP contribution in [0.5, 0.6) is 0 Å². The summed E-state index contributed by atoms with van der Waals surface area (Å²) < 4.78 is 43.2. The van der Waals surface area contributed by atoms with E-state index in [2.05, 4.69) is 4.99 Å². The monoisotopic (exact) mass is 409 g/mol. The minimum atomic E-state index is -4.54. The van der Waals surface area contributed by atoms with Crippen molar-refractivity contribution in [2.24, 2.45) is 23.9 Å². The van der Waals surface area contributed by atoms with E-state index in [0.717, 1.165) is 30.7 Å². The summed E-state index contributed by atoms with van der Waals surface area (Å²) in [4.78, 5) is 28.3. The average Bonchev–Trinajstić information content (AvgIpc) is 3.38. The number of carbonyl (C=O) groups is 2. The second-order valence-electron chi connectivity index (χ2n) is 8.87. The molecule has 2 aliphatic rings. The van der Waals surface area contributed by atoms with Crippen molar-refractivity contribution in [3.8, 4) is 0 Å². The van der Waals surface area contributed by atoms with E-state index < -0.39 is 30.0 Å². The highest BCUT2D eigenvalue weighted by Crippen LogP contribution is 2.36. The molecule has 5 nitrogen and oxygen atoms in total. The third kappa shape index (κ3) is 4.62. The van der Waals surface area contributed by atoms with Gasteiger partial charge in [-0.15, -0.1) is 0 Å². The fraction of sp³-hybridized carbons (Fsp3) is 0.571. The molecule has 1 fully saturated rings. The number of alkyl halides is 3. The van der Waals surface area contributed by atoms with Crippen LogP contribution >= 0.6 is 0 Å². The second kappa shape index (κ2) is 7.46. The molecule has 0 radical (unpaired) electrons. The molecule has 0 saturated heterocycles. The first-order chi connectivity index (χ1) is 13.4. The highest BCUT2D eigenvalue weighted by atomic mass is 19.4. The Hall–Kier alpha value is -2.38. The molecular formula is C21H26F3N3O2. The van der Waals surface area contributed by atoms with E-state index in [-0.39, 0.29) is 11.0 Å². The number of amides is 1. The summed E-state index contributed by atoms with van der Waals surface area (Å²) in [6.45, 7) is 6.84. The lowest BCUT2D eigenvalue weighted by molar-refractivity contribution is -0.123. The summed E-state index contributed by atoms with van der Waals surface area (Å²) in [5, 5.41) is 0.